The zero-order chi connectivity index (χ0) is 17.3. The van der Waals surface area contributed by atoms with Crippen molar-refractivity contribution >= 4 is 44.5 Å². The van der Waals surface area contributed by atoms with E-state index in [1.807, 2.05) is 35.7 Å². The summed E-state index contributed by atoms with van der Waals surface area (Å²) in [6.45, 7) is 0. The lowest BCUT2D eigenvalue weighted by Gasteiger charge is -2.02. The number of aromatic nitrogens is 4. The number of thiophene rings is 2. The molecule has 2 N–H and O–H groups in total. The van der Waals surface area contributed by atoms with Crippen LogP contribution in [-0.2, 0) is 0 Å². The second-order valence-corrected chi connectivity index (χ2v) is 7.68. The summed E-state index contributed by atoms with van der Waals surface area (Å²) in [5, 5.41) is 12.8. The predicted molar refractivity (Wildman–Crippen MR) is 108 cm³/mol. The molecule has 26 heavy (non-hydrogen) atoms. The first-order valence-electron chi connectivity index (χ1n) is 8.03. The van der Waals surface area contributed by atoms with Crippen LogP contribution in [0.15, 0.2) is 66.3 Å². The van der Waals surface area contributed by atoms with E-state index in [4.69, 9.17) is 0 Å². The van der Waals surface area contributed by atoms with Crippen LogP contribution in [0.2, 0.25) is 0 Å². The van der Waals surface area contributed by atoms with Crippen molar-refractivity contribution in [2.24, 2.45) is 0 Å². The van der Waals surface area contributed by atoms with Crippen molar-refractivity contribution in [2.75, 3.05) is 5.32 Å². The Morgan fingerprint density at radius 3 is 2.69 bits per heavy atom. The molecule has 0 radical (unpaired) electrons. The van der Waals surface area contributed by atoms with Crippen LogP contribution in [0.3, 0.4) is 0 Å². The van der Waals surface area contributed by atoms with Crippen molar-refractivity contribution in [1.29, 1.82) is 0 Å². The summed E-state index contributed by atoms with van der Waals surface area (Å²) in [6, 6.07) is 18.5. The van der Waals surface area contributed by atoms with Gasteiger partial charge in [0.05, 0.1) is 15.1 Å². The first kappa shape index (κ1) is 15.2. The van der Waals surface area contributed by atoms with Crippen molar-refractivity contribution in [3.8, 4) is 21.0 Å². The zero-order valence-corrected chi connectivity index (χ0v) is 15.1. The molecule has 7 heteroatoms. The summed E-state index contributed by atoms with van der Waals surface area (Å²) < 4.78 is 1.03. The lowest BCUT2D eigenvalue weighted by atomic mass is 10.2. The highest BCUT2D eigenvalue weighted by molar-refractivity contribution is 7.22. The monoisotopic (exact) mass is 375 g/mol. The molecule has 0 saturated heterocycles. The quantitative estimate of drug-likeness (QED) is 0.432. The van der Waals surface area contributed by atoms with Gasteiger partial charge in [-0.05, 0) is 23.1 Å². The van der Waals surface area contributed by atoms with E-state index in [1.54, 1.807) is 29.0 Å². The number of nitrogens with one attached hydrogen (secondary N) is 2. The average molecular weight is 375 g/mol. The van der Waals surface area contributed by atoms with Crippen LogP contribution in [0.1, 0.15) is 0 Å². The van der Waals surface area contributed by atoms with Crippen LogP contribution < -0.4 is 5.32 Å². The fourth-order valence-corrected chi connectivity index (χ4v) is 4.50. The van der Waals surface area contributed by atoms with Gasteiger partial charge in [-0.15, -0.1) is 22.7 Å². The Labute approximate surface area is 157 Å². The van der Waals surface area contributed by atoms with Crippen LogP contribution in [0, 0.1) is 0 Å². The number of fused-ring (bicyclic) bond motifs is 1. The van der Waals surface area contributed by atoms with Gasteiger partial charge in [0.25, 0.3) is 0 Å². The number of nitrogens with zero attached hydrogens (tertiary/aromatic N) is 3. The van der Waals surface area contributed by atoms with E-state index in [0.717, 1.165) is 32.4 Å². The highest BCUT2D eigenvalue weighted by Crippen LogP contribution is 2.36. The normalized spacial score (nSPS) is 11.1. The van der Waals surface area contributed by atoms with Crippen LogP contribution in [0.25, 0.3) is 31.2 Å². The number of benzene rings is 1. The van der Waals surface area contributed by atoms with Gasteiger partial charge in [0.15, 0.2) is 5.82 Å². The van der Waals surface area contributed by atoms with Gasteiger partial charge in [0.1, 0.15) is 17.8 Å². The number of hydrogen-bond donors (Lipinski definition) is 2. The molecule has 0 spiro atoms. The van der Waals surface area contributed by atoms with Gasteiger partial charge in [-0.2, -0.15) is 5.10 Å². The molecular formula is C19H13N5S2. The maximum absolute atomic E-state index is 4.42. The Bertz CT molecular complexity index is 1160. The molecule has 5 aromatic rings. The number of hydrogen-bond acceptors (Lipinski definition) is 6. The van der Waals surface area contributed by atoms with Crippen LogP contribution in [0.4, 0.5) is 11.6 Å². The molecule has 0 aliphatic rings. The molecule has 0 unspecified atom stereocenters. The summed E-state index contributed by atoms with van der Waals surface area (Å²) in [4.78, 5) is 11.1. The van der Waals surface area contributed by atoms with Crippen molar-refractivity contribution in [2.45, 2.75) is 0 Å². The van der Waals surface area contributed by atoms with Crippen molar-refractivity contribution in [3.63, 3.8) is 0 Å². The Morgan fingerprint density at radius 1 is 0.923 bits per heavy atom. The fourth-order valence-electron chi connectivity index (χ4n) is 2.75. The fraction of sp³-hybridized carbons (Fsp3) is 0. The summed E-state index contributed by atoms with van der Waals surface area (Å²) in [7, 11) is 0. The summed E-state index contributed by atoms with van der Waals surface area (Å²) in [6.07, 6.45) is 1.59. The topological polar surface area (TPSA) is 66.5 Å². The van der Waals surface area contributed by atoms with Gasteiger partial charge in [0, 0.05) is 10.9 Å². The molecule has 0 atom stereocenters. The third-order valence-electron chi connectivity index (χ3n) is 3.97. The van der Waals surface area contributed by atoms with Crippen molar-refractivity contribution < 1.29 is 0 Å². The molecule has 5 rings (SSSR count). The van der Waals surface area contributed by atoms with Crippen molar-refractivity contribution in [3.05, 3.63) is 66.3 Å². The molecule has 0 fully saturated rings. The molecule has 126 valence electrons. The highest BCUT2D eigenvalue weighted by atomic mass is 32.1. The van der Waals surface area contributed by atoms with E-state index in [-0.39, 0.29) is 0 Å². The van der Waals surface area contributed by atoms with Gasteiger partial charge in [-0.25, -0.2) is 9.97 Å². The van der Waals surface area contributed by atoms with E-state index < -0.39 is 0 Å². The first-order chi connectivity index (χ1) is 12.9. The van der Waals surface area contributed by atoms with Gasteiger partial charge in [-0.3, -0.25) is 5.10 Å². The molecule has 0 aliphatic carbocycles. The second-order valence-electron chi connectivity index (χ2n) is 5.68. The van der Waals surface area contributed by atoms with E-state index in [2.05, 4.69) is 49.7 Å². The van der Waals surface area contributed by atoms with E-state index in [1.165, 1.54) is 10.4 Å². The third kappa shape index (κ3) is 2.77. The minimum Gasteiger partial charge on any atom is -0.324 e. The molecular weight excluding hydrogens is 362 g/mol. The zero-order valence-electron chi connectivity index (χ0n) is 13.5. The van der Waals surface area contributed by atoms with E-state index >= 15 is 0 Å². The SMILES string of the molecule is c1ccc(-c2cc3ncnc(Nc4cc(-c5cccs5)n[nH]4)c3s2)cc1. The van der Waals surface area contributed by atoms with Gasteiger partial charge in [0.2, 0.25) is 0 Å². The number of aromatic amines is 1. The van der Waals surface area contributed by atoms with Crippen molar-refractivity contribution in [1.82, 2.24) is 20.2 Å². The first-order valence-corrected chi connectivity index (χ1v) is 9.73. The number of H-pyrrole nitrogens is 1. The van der Waals surface area contributed by atoms with Crippen LogP contribution in [-0.4, -0.2) is 20.2 Å². The predicted octanol–water partition coefficient (Wildman–Crippen LogP) is 5.55. The van der Waals surface area contributed by atoms with Gasteiger partial charge >= 0.3 is 0 Å². The molecule has 4 heterocycles. The smallest absolute Gasteiger partial charge is 0.152 e. The number of anilines is 2. The Hall–Kier alpha value is -3.03. The minimum atomic E-state index is 0.781. The minimum absolute atomic E-state index is 0.781. The summed E-state index contributed by atoms with van der Waals surface area (Å²) in [5.41, 5.74) is 3.04. The van der Waals surface area contributed by atoms with Crippen LogP contribution >= 0.6 is 22.7 Å². The molecule has 1 aromatic carbocycles. The van der Waals surface area contributed by atoms with E-state index in [9.17, 15) is 0 Å². The number of rotatable bonds is 4. The third-order valence-corrected chi connectivity index (χ3v) is 6.05. The molecule has 5 nitrogen and oxygen atoms in total. The largest absolute Gasteiger partial charge is 0.324 e. The molecule has 0 amide bonds. The summed E-state index contributed by atoms with van der Waals surface area (Å²) in [5.74, 6) is 1.59. The standard InChI is InChI=1S/C19H13N5S2/c1-2-5-12(6-3-1)16-9-14-18(26-16)19(21-11-20-14)22-17-10-13(23-24-17)15-7-4-8-25-15/h1-11H,(H2,20,21,22,23,24). The maximum atomic E-state index is 4.42. The Balaban J connectivity index is 1.50. The highest BCUT2D eigenvalue weighted by Gasteiger charge is 2.12. The molecule has 4 aromatic heterocycles. The molecule has 0 saturated carbocycles. The lowest BCUT2D eigenvalue weighted by molar-refractivity contribution is 1.09. The Kier molecular flexibility index (Phi) is 3.73. The summed E-state index contributed by atoms with van der Waals surface area (Å²) >= 11 is 3.35. The molecule has 0 bridgehead atoms. The lowest BCUT2D eigenvalue weighted by Crippen LogP contribution is -1.94. The van der Waals surface area contributed by atoms with Gasteiger partial charge in [-0.1, -0.05) is 36.4 Å². The Morgan fingerprint density at radius 2 is 1.85 bits per heavy atom. The van der Waals surface area contributed by atoms with Crippen LogP contribution in [0.5, 0.6) is 0 Å². The maximum Gasteiger partial charge on any atom is 0.152 e. The molecule has 0 aliphatic heterocycles. The average Bonchev–Trinajstić information content (AvgIpc) is 3.42. The second kappa shape index (κ2) is 6.36. The van der Waals surface area contributed by atoms with E-state index in [0.29, 0.717) is 0 Å². The van der Waals surface area contributed by atoms with Gasteiger partial charge < -0.3 is 5.32 Å².